The second-order valence-corrected chi connectivity index (χ2v) is 6.20. The van der Waals surface area contributed by atoms with E-state index >= 15 is 0 Å². The number of hydrogen-bond acceptors (Lipinski definition) is 4. The Labute approximate surface area is 128 Å². The third kappa shape index (κ3) is 2.11. The van der Waals surface area contributed by atoms with Crippen LogP contribution in [0.3, 0.4) is 0 Å². The molecule has 6 heteroatoms. The molecule has 1 aromatic heterocycles. The van der Waals surface area contributed by atoms with Crippen molar-refractivity contribution in [3.63, 3.8) is 0 Å². The van der Waals surface area contributed by atoms with Crippen molar-refractivity contribution in [3.8, 4) is 0 Å². The van der Waals surface area contributed by atoms with Crippen LogP contribution in [0.25, 0.3) is 0 Å². The number of carbonyl (C=O) groups is 1. The summed E-state index contributed by atoms with van der Waals surface area (Å²) in [4.78, 5) is 14.4. The Hall–Kier alpha value is -2.21. The van der Waals surface area contributed by atoms with Crippen molar-refractivity contribution in [1.29, 1.82) is 0 Å². The van der Waals surface area contributed by atoms with Crippen LogP contribution < -0.4 is 0 Å². The molecular formula is C16H18N4O2. The van der Waals surface area contributed by atoms with Crippen molar-refractivity contribution < 1.29 is 9.90 Å². The average molecular weight is 298 g/mol. The molecule has 1 atom stereocenters. The van der Waals surface area contributed by atoms with E-state index in [1.807, 2.05) is 12.1 Å². The van der Waals surface area contributed by atoms with Crippen molar-refractivity contribution in [2.45, 2.75) is 31.3 Å². The second-order valence-electron chi connectivity index (χ2n) is 6.20. The lowest BCUT2D eigenvalue weighted by molar-refractivity contribution is 0.0382. The maximum Gasteiger partial charge on any atom is 0.253 e. The first-order chi connectivity index (χ1) is 10.7. The maximum atomic E-state index is 12.7. The van der Waals surface area contributed by atoms with Crippen LogP contribution in [0.15, 0.2) is 24.4 Å². The Bertz CT molecular complexity index is 713. The van der Waals surface area contributed by atoms with E-state index in [1.165, 1.54) is 23.7 Å². The van der Waals surface area contributed by atoms with Crippen LogP contribution in [0.2, 0.25) is 0 Å². The third-order valence-electron chi connectivity index (χ3n) is 4.77. The highest BCUT2D eigenvalue weighted by Gasteiger charge is 2.41. The monoisotopic (exact) mass is 298 g/mol. The molecule has 0 bridgehead atoms. The molecule has 2 heterocycles. The zero-order chi connectivity index (χ0) is 15.2. The predicted molar refractivity (Wildman–Crippen MR) is 79.3 cm³/mol. The van der Waals surface area contributed by atoms with Gasteiger partial charge in [-0.15, -0.1) is 0 Å². The molecule has 2 N–H and O–H groups in total. The summed E-state index contributed by atoms with van der Waals surface area (Å²) in [5.74, 6) is -0.0193. The van der Waals surface area contributed by atoms with Gasteiger partial charge in [0.15, 0.2) is 0 Å². The number of likely N-dealkylation sites (tertiary alicyclic amines) is 1. The van der Waals surface area contributed by atoms with Gasteiger partial charge in [0.25, 0.3) is 5.91 Å². The van der Waals surface area contributed by atoms with Crippen LogP contribution in [0.4, 0.5) is 0 Å². The fourth-order valence-corrected chi connectivity index (χ4v) is 3.49. The first kappa shape index (κ1) is 13.5. The Balaban J connectivity index is 1.55. The van der Waals surface area contributed by atoms with E-state index in [-0.39, 0.29) is 12.5 Å². The van der Waals surface area contributed by atoms with E-state index in [0.29, 0.717) is 24.2 Å². The Morgan fingerprint density at radius 2 is 2.18 bits per heavy atom. The lowest BCUT2D eigenvalue weighted by Gasteiger charge is -2.21. The van der Waals surface area contributed by atoms with Crippen LogP contribution in [0.1, 0.15) is 40.0 Å². The van der Waals surface area contributed by atoms with Gasteiger partial charge in [-0.05, 0) is 42.5 Å². The van der Waals surface area contributed by atoms with Gasteiger partial charge in [-0.25, -0.2) is 0 Å². The number of nitrogens with one attached hydrogen (secondary N) is 1. The van der Waals surface area contributed by atoms with E-state index in [4.69, 9.17) is 0 Å². The molecule has 114 valence electrons. The van der Waals surface area contributed by atoms with Gasteiger partial charge in [-0.2, -0.15) is 15.4 Å². The molecule has 1 aliphatic carbocycles. The maximum absolute atomic E-state index is 12.7. The Morgan fingerprint density at radius 1 is 1.32 bits per heavy atom. The number of hydrogen-bond donors (Lipinski definition) is 2. The molecule has 4 rings (SSSR count). The zero-order valence-corrected chi connectivity index (χ0v) is 12.2. The van der Waals surface area contributed by atoms with E-state index in [1.54, 1.807) is 4.90 Å². The number of amides is 1. The van der Waals surface area contributed by atoms with Crippen molar-refractivity contribution in [2.75, 3.05) is 13.1 Å². The molecule has 0 saturated carbocycles. The van der Waals surface area contributed by atoms with Gasteiger partial charge in [0.05, 0.1) is 12.7 Å². The SMILES string of the molecule is O=C(c1ccc2c(c1)CCC2)N1CC[C@@](O)(c2cn[nH]n2)C1. The molecular weight excluding hydrogens is 280 g/mol. The Morgan fingerprint density at radius 3 is 3.00 bits per heavy atom. The number of rotatable bonds is 2. The zero-order valence-electron chi connectivity index (χ0n) is 12.2. The van der Waals surface area contributed by atoms with Crippen LogP contribution in [-0.4, -0.2) is 44.4 Å². The number of β-amino-alcohol motifs (C(OH)–C–C–N with tert-alkyl or cyclic N) is 1. The second kappa shape index (κ2) is 4.91. The number of aromatic amines is 1. The first-order valence-corrected chi connectivity index (χ1v) is 7.65. The minimum Gasteiger partial charge on any atom is -0.381 e. The van der Waals surface area contributed by atoms with Gasteiger partial charge >= 0.3 is 0 Å². The Kier molecular flexibility index (Phi) is 3.00. The smallest absolute Gasteiger partial charge is 0.253 e. The third-order valence-corrected chi connectivity index (χ3v) is 4.77. The lowest BCUT2D eigenvalue weighted by atomic mass is 10.00. The molecule has 0 spiro atoms. The molecule has 1 aliphatic heterocycles. The number of aromatic nitrogens is 3. The summed E-state index contributed by atoms with van der Waals surface area (Å²) >= 11 is 0. The number of aryl methyl sites for hydroxylation is 2. The van der Waals surface area contributed by atoms with E-state index in [2.05, 4.69) is 21.5 Å². The highest BCUT2D eigenvalue weighted by atomic mass is 16.3. The fraction of sp³-hybridized carbons (Fsp3) is 0.438. The summed E-state index contributed by atoms with van der Waals surface area (Å²) in [5, 5.41) is 20.9. The van der Waals surface area contributed by atoms with E-state index in [9.17, 15) is 9.90 Å². The van der Waals surface area contributed by atoms with Gasteiger partial charge < -0.3 is 10.0 Å². The molecule has 22 heavy (non-hydrogen) atoms. The molecule has 0 radical (unpaired) electrons. The number of aliphatic hydroxyl groups is 1. The number of H-pyrrole nitrogens is 1. The van der Waals surface area contributed by atoms with Gasteiger partial charge in [0.2, 0.25) is 0 Å². The largest absolute Gasteiger partial charge is 0.381 e. The molecule has 0 unspecified atom stereocenters. The fourth-order valence-electron chi connectivity index (χ4n) is 3.49. The average Bonchev–Trinajstić information content (AvgIpc) is 3.26. The van der Waals surface area contributed by atoms with Crippen molar-refractivity contribution >= 4 is 5.91 Å². The molecule has 1 fully saturated rings. The topological polar surface area (TPSA) is 82.1 Å². The highest BCUT2D eigenvalue weighted by molar-refractivity contribution is 5.94. The summed E-state index contributed by atoms with van der Waals surface area (Å²) in [6, 6.07) is 5.98. The molecule has 1 saturated heterocycles. The minimum absolute atomic E-state index is 0.0193. The van der Waals surface area contributed by atoms with Gasteiger partial charge in [-0.3, -0.25) is 4.79 Å². The summed E-state index contributed by atoms with van der Waals surface area (Å²) in [7, 11) is 0. The molecule has 6 nitrogen and oxygen atoms in total. The molecule has 1 amide bonds. The quantitative estimate of drug-likeness (QED) is 0.867. The van der Waals surface area contributed by atoms with E-state index < -0.39 is 5.60 Å². The van der Waals surface area contributed by atoms with Crippen LogP contribution in [0, 0.1) is 0 Å². The summed E-state index contributed by atoms with van der Waals surface area (Å²) < 4.78 is 0. The van der Waals surface area contributed by atoms with Crippen molar-refractivity contribution in [2.24, 2.45) is 0 Å². The molecule has 2 aromatic rings. The summed E-state index contributed by atoms with van der Waals surface area (Å²) in [5.41, 5.74) is 2.76. The first-order valence-electron chi connectivity index (χ1n) is 7.65. The molecule has 2 aliphatic rings. The summed E-state index contributed by atoms with van der Waals surface area (Å²) in [6.45, 7) is 0.786. The highest BCUT2D eigenvalue weighted by Crippen LogP contribution is 2.31. The number of fused-ring (bicyclic) bond motifs is 1. The van der Waals surface area contributed by atoms with Gasteiger partial charge in [0, 0.05) is 18.5 Å². The van der Waals surface area contributed by atoms with Gasteiger partial charge in [0.1, 0.15) is 11.3 Å². The lowest BCUT2D eigenvalue weighted by Crippen LogP contribution is -2.34. The van der Waals surface area contributed by atoms with Crippen LogP contribution in [0.5, 0.6) is 0 Å². The number of carbonyl (C=O) groups excluding carboxylic acids is 1. The van der Waals surface area contributed by atoms with Crippen molar-refractivity contribution in [1.82, 2.24) is 20.3 Å². The van der Waals surface area contributed by atoms with Crippen molar-refractivity contribution in [3.05, 3.63) is 46.8 Å². The normalized spacial score (nSPS) is 23.8. The van der Waals surface area contributed by atoms with Gasteiger partial charge in [-0.1, -0.05) is 6.07 Å². The number of benzene rings is 1. The van der Waals surface area contributed by atoms with Crippen LogP contribution >= 0.6 is 0 Å². The minimum atomic E-state index is -1.10. The van der Waals surface area contributed by atoms with E-state index in [0.717, 1.165) is 12.8 Å². The standard InChI is InChI=1S/C16H18N4O2/c21-15(13-5-4-11-2-1-3-12(11)8-13)20-7-6-16(22,10-20)14-9-17-19-18-14/h4-5,8-9,22H,1-3,6-7,10H2,(H,17,18,19)/t16-/m0/s1. The predicted octanol–water partition coefficient (Wildman–Crippen LogP) is 1.03. The summed E-state index contributed by atoms with van der Waals surface area (Å²) in [6.07, 6.45) is 5.33. The molecule has 1 aromatic carbocycles. The number of nitrogens with zero attached hydrogens (tertiary/aromatic N) is 3. The van der Waals surface area contributed by atoms with Crippen LogP contribution in [-0.2, 0) is 18.4 Å².